The Morgan fingerprint density at radius 3 is 2.48 bits per heavy atom. The summed E-state index contributed by atoms with van der Waals surface area (Å²) >= 11 is 5.97. The number of rotatable bonds is 4. The van der Waals surface area contributed by atoms with Crippen molar-refractivity contribution in [2.24, 2.45) is 0 Å². The standard InChI is InChI=1S/C15H17ClN2O3/c1-10(2)18-8-7-17(14(20)15(18)21)9-13(19)11-5-3-4-6-12(11)16/h3-6,10H,7-9H2,1-2H3. The molecule has 0 atom stereocenters. The van der Waals surface area contributed by atoms with Gasteiger partial charge in [0, 0.05) is 24.7 Å². The van der Waals surface area contributed by atoms with Crippen LogP contribution in [-0.4, -0.2) is 53.1 Å². The lowest BCUT2D eigenvalue weighted by atomic mass is 10.1. The van der Waals surface area contributed by atoms with Gasteiger partial charge < -0.3 is 9.80 Å². The third-order valence-corrected chi connectivity index (χ3v) is 3.80. The molecule has 0 unspecified atom stereocenters. The Balaban J connectivity index is 2.08. The van der Waals surface area contributed by atoms with Crippen LogP contribution in [0.2, 0.25) is 5.02 Å². The fourth-order valence-corrected chi connectivity index (χ4v) is 2.52. The molecule has 1 heterocycles. The van der Waals surface area contributed by atoms with Crippen LogP contribution in [0.15, 0.2) is 24.3 Å². The average Bonchev–Trinajstić information content (AvgIpc) is 2.44. The lowest BCUT2D eigenvalue weighted by Gasteiger charge is -2.35. The number of piperazine rings is 1. The summed E-state index contributed by atoms with van der Waals surface area (Å²) in [5.41, 5.74) is 0.366. The normalized spacial score (nSPS) is 15.8. The first-order valence-electron chi connectivity index (χ1n) is 6.79. The highest BCUT2D eigenvalue weighted by Crippen LogP contribution is 2.17. The van der Waals surface area contributed by atoms with Gasteiger partial charge in [0.05, 0.1) is 11.6 Å². The monoisotopic (exact) mass is 308 g/mol. The van der Waals surface area contributed by atoms with Crippen LogP contribution in [0.3, 0.4) is 0 Å². The smallest absolute Gasteiger partial charge is 0.312 e. The quantitative estimate of drug-likeness (QED) is 0.627. The summed E-state index contributed by atoms with van der Waals surface area (Å²) in [6, 6.07) is 6.65. The van der Waals surface area contributed by atoms with Gasteiger partial charge in [0.15, 0.2) is 5.78 Å². The second-order valence-electron chi connectivity index (χ2n) is 5.22. The zero-order chi connectivity index (χ0) is 15.6. The van der Waals surface area contributed by atoms with Gasteiger partial charge in [0.1, 0.15) is 0 Å². The molecule has 0 bridgehead atoms. The van der Waals surface area contributed by atoms with Crippen molar-refractivity contribution in [3.63, 3.8) is 0 Å². The van der Waals surface area contributed by atoms with Crippen LogP contribution in [0.25, 0.3) is 0 Å². The Labute approximate surface area is 128 Å². The average molecular weight is 309 g/mol. The molecular formula is C15H17ClN2O3. The Bertz CT molecular complexity index is 586. The van der Waals surface area contributed by atoms with Gasteiger partial charge in [-0.25, -0.2) is 0 Å². The van der Waals surface area contributed by atoms with E-state index in [1.54, 1.807) is 24.3 Å². The number of carbonyl (C=O) groups excluding carboxylic acids is 3. The van der Waals surface area contributed by atoms with E-state index in [1.807, 2.05) is 13.8 Å². The van der Waals surface area contributed by atoms with Gasteiger partial charge >= 0.3 is 11.8 Å². The third-order valence-electron chi connectivity index (χ3n) is 3.47. The first kappa shape index (κ1) is 15.5. The van der Waals surface area contributed by atoms with Crippen molar-refractivity contribution in [2.45, 2.75) is 19.9 Å². The van der Waals surface area contributed by atoms with Crippen LogP contribution in [0.4, 0.5) is 0 Å². The number of hydrogen-bond acceptors (Lipinski definition) is 3. The Hall–Kier alpha value is -1.88. The predicted octanol–water partition coefficient (Wildman–Crippen LogP) is 1.60. The molecule has 0 N–H and O–H groups in total. The number of ketones is 1. The number of carbonyl (C=O) groups is 3. The summed E-state index contributed by atoms with van der Waals surface area (Å²) in [6.07, 6.45) is 0. The second kappa shape index (κ2) is 6.26. The molecule has 2 amide bonds. The Kier molecular flexibility index (Phi) is 4.63. The highest BCUT2D eigenvalue weighted by atomic mass is 35.5. The van der Waals surface area contributed by atoms with Crippen molar-refractivity contribution < 1.29 is 14.4 Å². The highest BCUT2D eigenvalue weighted by molar-refractivity contribution is 6.36. The van der Waals surface area contributed by atoms with Crippen molar-refractivity contribution in [3.8, 4) is 0 Å². The minimum Gasteiger partial charge on any atom is -0.330 e. The van der Waals surface area contributed by atoms with Crippen LogP contribution in [0, 0.1) is 0 Å². The third kappa shape index (κ3) is 3.24. The molecule has 6 heteroatoms. The van der Waals surface area contributed by atoms with Crippen LogP contribution >= 0.6 is 11.6 Å². The molecule has 0 aliphatic carbocycles. The molecule has 21 heavy (non-hydrogen) atoms. The molecule has 1 aliphatic rings. The fraction of sp³-hybridized carbons (Fsp3) is 0.400. The molecule has 1 saturated heterocycles. The minimum atomic E-state index is -0.629. The highest BCUT2D eigenvalue weighted by Gasteiger charge is 2.34. The molecule has 2 rings (SSSR count). The first-order valence-corrected chi connectivity index (χ1v) is 7.17. The molecular weight excluding hydrogens is 292 g/mol. The van der Waals surface area contributed by atoms with E-state index in [2.05, 4.69) is 0 Å². The van der Waals surface area contributed by atoms with Gasteiger partial charge in [-0.15, -0.1) is 0 Å². The maximum atomic E-state index is 12.2. The molecule has 1 aliphatic heterocycles. The molecule has 1 aromatic rings. The zero-order valence-corrected chi connectivity index (χ0v) is 12.8. The molecule has 5 nitrogen and oxygen atoms in total. The van der Waals surface area contributed by atoms with Crippen molar-refractivity contribution in [1.82, 2.24) is 9.80 Å². The van der Waals surface area contributed by atoms with Gasteiger partial charge in [0.25, 0.3) is 0 Å². The van der Waals surface area contributed by atoms with Crippen molar-refractivity contribution >= 4 is 29.2 Å². The Morgan fingerprint density at radius 2 is 1.86 bits per heavy atom. The first-order chi connectivity index (χ1) is 9.91. The van der Waals surface area contributed by atoms with Crippen LogP contribution in [-0.2, 0) is 9.59 Å². The van der Waals surface area contributed by atoms with E-state index in [9.17, 15) is 14.4 Å². The number of benzene rings is 1. The predicted molar refractivity (Wildman–Crippen MR) is 79.2 cm³/mol. The van der Waals surface area contributed by atoms with Crippen LogP contribution in [0.1, 0.15) is 24.2 Å². The van der Waals surface area contributed by atoms with Gasteiger partial charge in [-0.3, -0.25) is 14.4 Å². The number of hydrogen-bond donors (Lipinski definition) is 0. The minimum absolute atomic E-state index is 0.0251. The van der Waals surface area contributed by atoms with Gasteiger partial charge in [-0.1, -0.05) is 23.7 Å². The summed E-state index contributed by atoms with van der Waals surface area (Å²) in [5, 5.41) is 0.349. The molecule has 1 fully saturated rings. The summed E-state index contributed by atoms with van der Waals surface area (Å²) in [7, 11) is 0. The van der Waals surface area contributed by atoms with E-state index < -0.39 is 11.8 Å². The van der Waals surface area contributed by atoms with E-state index in [0.29, 0.717) is 23.7 Å². The second-order valence-corrected chi connectivity index (χ2v) is 5.63. The molecule has 112 valence electrons. The molecule has 0 saturated carbocycles. The van der Waals surface area contributed by atoms with E-state index >= 15 is 0 Å². The topological polar surface area (TPSA) is 57.7 Å². The molecule has 0 radical (unpaired) electrons. The maximum Gasteiger partial charge on any atom is 0.312 e. The molecule has 0 aromatic heterocycles. The van der Waals surface area contributed by atoms with Crippen molar-refractivity contribution in [3.05, 3.63) is 34.9 Å². The summed E-state index contributed by atoms with van der Waals surface area (Å²) in [4.78, 5) is 39.0. The van der Waals surface area contributed by atoms with Crippen molar-refractivity contribution in [1.29, 1.82) is 0 Å². The summed E-state index contributed by atoms with van der Waals surface area (Å²) < 4.78 is 0. The largest absolute Gasteiger partial charge is 0.330 e. The van der Waals surface area contributed by atoms with Crippen molar-refractivity contribution in [2.75, 3.05) is 19.6 Å². The van der Waals surface area contributed by atoms with E-state index in [0.717, 1.165) is 0 Å². The van der Waals surface area contributed by atoms with Crippen LogP contribution < -0.4 is 0 Å². The van der Waals surface area contributed by atoms with E-state index in [4.69, 9.17) is 11.6 Å². The van der Waals surface area contributed by atoms with Gasteiger partial charge in [-0.2, -0.15) is 0 Å². The lowest BCUT2D eigenvalue weighted by molar-refractivity contribution is -0.156. The van der Waals surface area contributed by atoms with Crippen LogP contribution in [0.5, 0.6) is 0 Å². The molecule has 0 spiro atoms. The molecule has 1 aromatic carbocycles. The SMILES string of the molecule is CC(C)N1CCN(CC(=O)c2ccccc2Cl)C(=O)C1=O. The maximum absolute atomic E-state index is 12.2. The number of Topliss-reactive ketones (excluding diaryl/α,β-unsaturated/α-hetero) is 1. The van der Waals surface area contributed by atoms with Gasteiger partial charge in [0.2, 0.25) is 0 Å². The van der Waals surface area contributed by atoms with Gasteiger partial charge in [-0.05, 0) is 26.0 Å². The Morgan fingerprint density at radius 1 is 1.19 bits per heavy atom. The lowest BCUT2D eigenvalue weighted by Crippen LogP contribution is -2.57. The summed E-state index contributed by atoms with van der Waals surface area (Å²) in [5.74, 6) is -1.45. The van der Waals surface area contributed by atoms with E-state index in [-0.39, 0.29) is 18.4 Å². The zero-order valence-electron chi connectivity index (χ0n) is 12.0. The summed E-state index contributed by atoms with van der Waals surface area (Å²) in [6.45, 7) is 4.39. The number of nitrogens with zero attached hydrogens (tertiary/aromatic N) is 2. The number of amides is 2. The fourth-order valence-electron chi connectivity index (χ4n) is 2.28. The van der Waals surface area contributed by atoms with E-state index in [1.165, 1.54) is 9.80 Å². The number of halogens is 1.